The molecule has 1 N–H and O–H groups in total. The van der Waals surface area contributed by atoms with Gasteiger partial charge in [0.1, 0.15) is 22.3 Å². The summed E-state index contributed by atoms with van der Waals surface area (Å²) in [4.78, 5) is 22.9. The van der Waals surface area contributed by atoms with Crippen LogP contribution < -0.4 is 9.47 Å². The molecule has 3 aromatic rings. The predicted molar refractivity (Wildman–Crippen MR) is 121 cm³/mol. The zero-order valence-electron chi connectivity index (χ0n) is 17.6. The topological polar surface area (TPSA) is 120 Å². The van der Waals surface area contributed by atoms with E-state index in [1.807, 2.05) is 19.1 Å². The lowest BCUT2D eigenvalue weighted by Gasteiger charge is -2.10. The van der Waals surface area contributed by atoms with Crippen molar-refractivity contribution < 1.29 is 27.4 Å². The van der Waals surface area contributed by atoms with E-state index in [2.05, 4.69) is 15.0 Å². The Morgan fingerprint density at radius 3 is 2.72 bits per heavy atom. The van der Waals surface area contributed by atoms with Gasteiger partial charge in [-0.15, -0.1) is 0 Å². The van der Waals surface area contributed by atoms with Gasteiger partial charge in [0.15, 0.2) is 20.3 Å². The Bertz CT molecular complexity index is 1300. The van der Waals surface area contributed by atoms with Gasteiger partial charge >= 0.3 is 5.97 Å². The molecule has 11 heteroatoms. The zero-order chi connectivity index (χ0) is 22.9. The van der Waals surface area contributed by atoms with Gasteiger partial charge < -0.3 is 19.2 Å². The number of carbonyl (C=O) groups excluding carboxylic acids is 1. The van der Waals surface area contributed by atoms with Gasteiger partial charge in [-0.05, 0) is 31.2 Å². The second-order valence-corrected chi connectivity index (χ2v) is 10.1. The smallest absolute Gasteiger partial charge is 0.303 e. The molecule has 9 nitrogen and oxygen atoms in total. The highest BCUT2D eigenvalue weighted by molar-refractivity contribution is 8.15. The molecule has 1 unspecified atom stereocenters. The average Bonchev–Trinajstić information content (AvgIpc) is 3.34. The fraction of sp³-hybridized carbons (Fsp3) is 0.286. The van der Waals surface area contributed by atoms with Crippen LogP contribution in [0.15, 0.2) is 46.5 Å². The third-order valence-corrected chi connectivity index (χ3v) is 6.53. The number of aliphatic imine (C=N–C) groups is 1. The van der Waals surface area contributed by atoms with Crippen molar-refractivity contribution in [2.75, 3.05) is 19.4 Å². The lowest BCUT2D eigenvalue weighted by atomic mass is 10.2. The van der Waals surface area contributed by atoms with Gasteiger partial charge in [0.25, 0.3) is 0 Å². The van der Waals surface area contributed by atoms with Crippen molar-refractivity contribution in [3.8, 4) is 17.2 Å². The second-order valence-electron chi connectivity index (χ2n) is 7.01. The number of nitrogens with zero attached hydrogens (tertiary/aromatic N) is 2. The maximum Gasteiger partial charge on any atom is 0.303 e. The van der Waals surface area contributed by atoms with Crippen LogP contribution in [0.2, 0.25) is 0 Å². The van der Waals surface area contributed by atoms with Crippen LogP contribution >= 0.6 is 11.8 Å². The highest BCUT2D eigenvalue weighted by Gasteiger charge is 2.25. The van der Waals surface area contributed by atoms with Crippen LogP contribution in [0, 0.1) is 0 Å². The number of esters is 1. The quantitative estimate of drug-likeness (QED) is 0.515. The largest absolute Gasteiger partial charge is 0.492 e. The summed E-state index contributed by atoms with van der Waals surface area (Å²) >= 11 is 1.38. The molecule has 0 spiro atoms. The number of hydrogen-bond acceptors (Lipinski definition) is 9. The Balaban J connectivity index is 1.62. The molecule has 0 radical (unpaired) electrons. The van der Waals surface area contributed by atoms with Gasteiger partial charge in [-0.1, -0.05) is 11.8 Å². The summed E-state index contributed by atoms with van der Waals surface area (Å²) in [5.41, 5.74) is 1.25. The molecular weight excluding hydrogens is 454 g/mol. The summed E-state index contributed by atoms with van der Waals surface area (Å²) in [7, 11) is -3.38. The number of aromatic amines is 1. The number of aromatic nitrogens is 2. The van der Waals surface area contributed by atoms with Crippen molar-refractivity contribution in [1.29, 1.82) is 0 Å². The molecule has 32 heavy (non-hydrogen) atoms. The lowest BCUT2D eigenvalue weighted by Crippen LogP contribution is -2.12. The Labute approximate surface area is 189 Å². The number of carbonyl (C=O) groups is 1. The van der Waals surface area contributed by atoms with E-state index >= 15 is 0 Å². The van der Waals surface area contributed by atoms with Crippen molar-refractivity contribution in [2.45, 2.75) is 24.3 Å². The standard InChI is InChI=1S/C21H21N3O6S2/c1-4-28-17-9-15(30-14-5-6-18(22-10-14)32(3,26)27)7-13-8-16(24-20(13)17)21-23-11-19(31-21)29-12(2)25/h5-10,19,24H,4,11H2,1-3H3. The highest BCUT2D eigenvalue weighted by atomic mass is 32.2. The summed E-state index contributed by atoms with van der Waals surface area (Å²) in [6, 6.07) is 8.47. The average molecular weight is 476 g/mol. The minimum Gasteiger partial charge on any atom is -0.492 e. The molecule has 2 aromatic heterocycles. The number of rotatable bonds is 7. The Morgan fingerprint density at radius 2 is 2.06 bits per heavy atom. The molecule has 4 rings (SSSR count). The minimum atomic E-state index is -3.38. The molecular formula is C21H21N3O6S2. The van der Waals surface area contributed by atoms with E-state index in [9.17, 15) is 13.2 Å². The van der Waals surface area contributed by atoms with E-state index in [0.29, 0.717) is 30.4 Å². The number of pyridine rings is 1. The third-order valence-electron chi connectivity index (χ3n) is 4.45. The number of benzene rings is 1. The molecule has 168 valence electrons. The maximum atomic E-state index is 11.6. The van der Waals surface area contributed by atoms with Crippen LogP contribution in [0.25, 0.3) is 10.9 Å². The molecule has 0 fully saturated rings. The normalized spacial score (nSPS) is 16.1. The molecule has 0 amide bonds. The van der Waals surface area contributed by atoms with Crippen LogP contribution in [0.3, 0.4) is 0 Å². The number of H-pyrrole nitrogens is 1. The van der Waals surface area contributed by atoms with Crippen molar-refractivity contribution in [1.82, 2.24) is 9.97 Å². The maximum absolute atomic E-state index is 11.6. The van der Waals surface area contributed by atoms with E-state index in [0.717, 1.165) is 27.9 Å². The fourth-order valence-corrected chi connectivity index (χ4v) is 4.69. The van der Waals surface area contributed by atoms with Gasteiger partial charge in [-0.2, -0.15) is 0 Å². The number of ether oxygens (including phenoxy) is 3. The van der Waals surface area contributed by atoms with Gasteiger partial charge in [0, 0.05) is 24.6 Å². The summed E-state index contributed by atoms with van der Waals surface area (Å²) in [5.74, 6) is 1.18. The molecule has 0 aliphatic carbocycles. The molecule has 0 saturated carbocycles. The first-order valence-corrected chi connectivity index (χ1v) is 12.5. The Hall–Kier alpha value is -3.05. The van der Waals surface area contributed by atoms with E-state index in [1.54, 1.807) is 12.1 Å². The second kappa shape index (κ2) is 8.83. The molecule has 1 aliphatic heterocycles. The SMILES string of the molecule is CCOc1cc(Oc2ccc(S(C)(=O)=O)nc2)cc2cc(C3=NCC(OC(C)=O)S3)[nH]c12. The van der Waals surface area contributed by atoms with Crippen LogP contribution in [0.5, 0.6) is 17.2 Å². The summed E-state index contributed by atoms with van der Waals surface area (Å²) < 4.78 is 40.1. The summed E-state index contributed by atoms with van der Waals surface area (Å²) in [5, 5.41) is 1.58. The molecule has 0 saturated heterocycles. The van der Waals surface area contributed by atoms with Gasteiger partial charge in [-0.25, -0.2) is 13.4 Å². The molecule has 1 aromatic carbocycles. The van der Waals surface area contributed by atoms with Gasteiger partial charge in [-0.3, -0.25) is 9.79 Å². The van der Waals surface area contributed by atoms with Crippen molar-refractivity contribution in [3.63, 3.8) is 0 Å². The predicted octanol–water partition coefficient (Wildman–Crippen LogP) is 3.54. The van der Waals surface area contributed by atoms with Crippen LogP contribution in [-0.4, -0.2) is 54.2 Å². The first-order valence-electron chi connectivity index (χ1n) is 9.75. The number of nitrogens with one attached hydrogen (secondary N) is 1. The molecule has 0 bridgehead atoms. The van der Waals surface area contributed by atoms with Crippen molar-refractivity contribution >= 4 is 43.5 Å². The minimum absolute atomic E-state index is 0.0209. The zero-order valence-corrected chi connectivity index (χ0v) is 19.2. The molecule has 1 atom stereocenters. The molecule has 1 aliphatic rings. The number of sulfone groups is 1. The van der Waals surface area contributed by atoms with Crippen LogP contribution in [-0.2, 0) is 19.4 Å². The lowest BCUT2D eigenvalue weighted by molar-refractivity contribution is -0.141. The first-order chi connectivity index (χ1) is 15.2. The van der Waals surface area contributed by atoms with Crippen molar-refractivity contribution in [2.24, 2.45) is 4.99 Å². The highest BCUT2D eigenvalue weighted by Crippen LogP contribution is 2.36. The van der Waals surface area contributed by atoms with Crippen molar-refractivity contribution in [3.05, 3.63) is 42.2 Å². The van der Waals surface area contributed by atoms with E-state index in [4.69, 9.17) is 14.2 Å². The Morgan fingerprint density at radius 1 is 1.25 bits per heavy atom. The first kappa shape index (κ1) is 22.2. The molecule has 3 heterocycles. The van der Waals surface area contributed by atoms with Gasteiger partial charge in [0.2, 0.25) is 0 Å². The van der Waals surface area contributed by atoms with Crippen LogP contribution in [0.1, 0.15) is 19.5 Å². The van der Waals surface area contributed by atoms with Crippen LogP contribution in [0.4, 0.5) is 0 Å². The van der Waals surface area contributed by atoms with E-state index < -0.39 is 9.84 Å². The van der Waals surface area contributed by atoms with E-state index in [-0.39, 0.29) is 16.4 Å². The summed E-state index contributed by atoms with van der Waals surface area (Å²) in [6.07, 6.45) is 2.46. The number of hydrogen-bond donors (Lipinski definition) is 1. The van der Waals surface area contributed by atoms with E-state index in [1.165, 1.54) is 30.9 Å². The number of thioether (sulfide) groups is 1. The number of fused-ring (bicyclic) bond motifs is 1. The van der Waals surface area contributed by atoms with Gasteiger partial charge in [0.05, 0.1) is 30.6 Å². The Kier molecular flexibility index (Phi) is 6.11. The fourth-order valence-electron chi connectivity index (χ4n) is 3.16. The third kappa shape index (κ3) is 4.89. The monoisotopic (exact) mass is 475 g/mol. The summed E-state index contributed by atoms with van der Waals surface area (Å²) in [6.45, 7) is 4.12.